The van der Waals surface area contributed by atoms with Crippen LogP contribution in [0.25, 0.3) is 10.2 Å². The molecule has 1 aliphatic rings. The summed E-state index contributed by atoms with van der Waals surface area (Å²) < 4.78 is 0. The second-order valence-corrected chi connectivity index (χ2v) is 6.02. The lowest BCUT2D eigenvalue weighted by molar-refractivity contribution is 0.0701. The molecule has 0 spiro atoms. The van der Waals surface area contributed by atoms with Crippen molar-refractivity contribution >= 4 is 33.3 Å². The van der Waals surface area contributed by atoms with E-state index in [9.17, 15) is 15.0 Å². The third-order valence-electron chi connectivity index (χ3n) is 3.74. The summed E-state index contributed by atoms with van der Waals surface area (Å²) in [5.74, 6) is 0.121. The fourth-order valence-electron chi connectivity index (χ4n) is 2.67. The van der Waals surface area contributed by atoms with Gasteiger partial charge in [0, 0.05) is 25.6 Å². The topological polar surface area (TPSA) is 86.5 Å². The first-order chi connectivity index (χ1) is 9.61. The second kappa shape index (κ2) is 4.99. The molecule has 0 aromatic carbocycles. The summed E-state index contributed by atoms with van der Waals surface area (Å²) in [5.41, 5.74) is 0.723. The van der Waals surface area contributed by atoms with Crippen LogP contribution in [0.2, 0.25) is 0 Å². The molecule has 2 aromatic heterocycles. The molecule has 0 amide bonds. The highest BCUT2D eigenvalue weighted by Gasteiger charge is 2.26. The number of rotatable bonds is 3. The van der Waals surface area contributed by atoms with Gasteiger partial charge in [-0.05, 0) is 18.9 Å². The molecule has 1 unspecified atom stereocenters. The molecule has 106 valence electrons. The number of aromatic nitrogens is 2. The number of aromatic carboxylic acids is 1. The number of thiophene rings is 1. The minimum absolute atomic E-state index is 0.174. The Morgan fingerprint density at radius 2 is 2.35 bits per heavy atom. The Balaban J connectivity index is 2.10. The summed E-state index contributed by atoms with van der Waals surface area (Å²) in [4.78, 5) is 22.9. The van der Waals surface area contributed by atoms with E-state index in [1.807, 2.05) is 0 Å². The van der Waals surface area contributed by atoms with Crippen molar-refractivity contribution in [3.05, 3.63) is 16.8 Å². The van der Waals surface area contributed by atoms with Gasteiger partial charge in [0.1, 0.15) is 21.9 Å². The Labute approximate surface area is 119 Å². The third-order valence-corrected chi connectivity index (χ3v) is 4.93. The highest BCUT2D eigenvalue weighted by molar-refractivity contribution is 7.20. The predicted molar refractivity (Wildman–Crippen MR) is 76.5 cm³/mol. The van der Waals surface area contributed by atoms with E-state index in [1.54, 1.807) is 6.92 Å². The van der Waals surface area contributed by atoms with Crippen LogP contribution >= 0.6 is 11.3 Å². The first-order valence-corrected chi connectivity index (χ1v) is 7.26. The van der Waals surface area contributed by atoms with E-state index in [0.29, 0.717) is 9.71 Å². The van der Waals surface area contributed by atoms with Crippen molar-refractivity contribution in [3.8, 4) is 0 Å². The lowest BCUT2D eigenvalue weighted by atomic mass is 10.1. The highest BCUT2D eigenvalue weighted by atomic mass is 32.1. The molecule has 0 aliphatic carbocycles. The number of hydrogen-bond acceptors (Lipinski definition) is 6. The number of nitrogens with zero attached hydrogens (tertiary/aromatic N) is 3. The van der Waals surface area contributed by atoms with Crippen LogP contribution in [0.3, 0.4) is 0 Å². The van der Waals surface area contributed by atoms with E-state index in [4.69, 9.17) is 0 Å². The van der Waals surface area contributed by atoms with Crippen LogP contribution < -0.4 is 4.90 Å². The number of aryl methyl sites for hydroxylation is 1. The van der Waals surface area contributed by atoms with Crippen molar-refractivity contribution in [2.24, 2.45) is 5.92 Å². The van der Waals surface area contributed by atoms with Crippen molar-refractivity contribution in [1.82, 2.24) is 9.97 Å². The Morgan fingerprint density at radius 3 is 3.00 bits per heavy atom. The molecular formula is C13H15N3O3S. The zero-order chi connectivity index (χ0) is 14.3. The van der Waals surface area contributed by atoms with Gasteiger partial charge < -0.3 is 15.1 Å². The molecule has 0 bridgehead atoms. The third kappa shape index (κ3) is 2.03. The van der Waals surface area contributed by atoms with Crippen molar-refractivity contribution in [3.63, 3.8) is 0 Å². The largest absolute Gasteiger partial charge is 0.477 e. The Bertz CT molecular complexity index is 670. The summed E-state index contributed by atoms with van der Waals surface area (Å²) >= 11 is 1.18. The van der Waals surface area contributed by atoms with Gasteiger partial charge >= 0.3 is 5.97 Å². The van der Waals surface area contributed by atoms with Gasteiger partial charge in [0.2, 0.25) is 0 Å². The van der Waals surface area contributed by atoms with Crippen LogP contribution in [0.5, 0.6) is 0 Å². The number of carboxylic acids is 1. The standard InChI is InChI=1S/C13H15N3O3S/c1-7-9-11(16-3-2-8(4-16)5-17)14-6-15-12(9)20-10(7)13(18)19/h6,8,17H,2-5H2,1H3,(H,18,19). The van der Waals surface area contributed by atoms with E-state index >= 15 is 0 Å². The predicted octanol–water partition coefficient (Wildman–Crippen LogP) is 1.52. The molecule has 7 heteroatoms. The molecule has 20 heavy (non-hydrogen) atoms. The van der Waals surface area contributed by atoms with E-state index in [-0.39, 0.29) is 12.5 Å². The van der Waals surface area contributed by atoms with Gasteiger partial charge in [-0.15, -0.1) is 11.3 Å². The molecule has 1 fully saturated rings. The Morgan fingerprint density at radius 1 is 1.55 bits per heavy atom. The van der Waals surface area contributed by atoms with Crippen LogP contribution in [-0.2, 0) is 0 Å². The molecule has 2 aromatic rings. The monoisotopic (exact) mass is 293 g/mol. The average molecular weight is 293 g/mol. The van der Waals surface area contributed by atoms with E-state index in [2.05, 4.69) is 14.9 Å². The van der Waals surface area contributed by atoms with Crippen molar-refractivity contribution in [2.75, 3.05) is 24.6 Å². The average Bonchev–Trinajstić information content (AvgIpc) is 3.03. The normalized spacial score (nSPS) is 18.9. The minimum atomic E-state index is -0.925. The van der Waals surface area contributed by atoms with Crippen LogP contribution in [0.15, 0.2) is 6.33 Å². The molecule has 3 heterocycles. The zero-order valence-corrected chi connectivity index (χ0v) is 11.9. The number of carbonyl (C=O) groups is 1. The first-order valence-electron chi connectivity index (χ1n) is 6.45. The summed E-state index contributed by atoms with van der Waals surface area (Å²) in [6.07, 6.45) is 2.41. The summed E-state index contributed by atoms with van der Waals surface area (Å²) in [7, 11) is 0. The molecule has 1 aliphatic heterocycles. The van der Waals surface area contributed by atoms with E-state index in [0.717, 1.165) is 36.3 Å². The van der Waals surface area contributed by atoms with Crippen LogP contribution in [0.1, 0.15) is 21.7 Å². The number of aliphatic hydroxyl groups excluding tert-OH is 1. The quantitative estimate of drug-likeness (QED) is 0.892. The lowest BCUT2D eigenvalue weighted by Crippen LogP contribution is -2.22. The molecule has 3 rings (SSSR count). The highest BCUT2D eigenvalue weighted by Crippen LogP contribution is 2.36. The molecule has 6 nitrogen and oxygen atoms in total. The Hall–Kier alpha value is -1.73. The molecule has 1 atom stereocenters. The van der Waals surface area contributed by atoms with Crippen molar-refractivity contribution < 1.29 is 15.0 Å². The van der Waals surface area contributed by atoms with Crippen LogP contribution in [0.4, 0.5) is 5.82 Å². The van der Waals surface area contributed by atoms with Crippen LogP contribution in [-0.4, -0.2) is 45.8 Å². The van der Waals surface area contributed by atoms with Crippen LogP contribution in [0, 0.1) is 12.8 Å². The zero-order valence-electron chi connectivity index (χ0n) is 11.0. The fourth-order valence-corrected chi connectivity index (χ4v) is 3.65. The van der Waals surface area contributed by atoms with Gasteiger partial charge in [0.15, 0.2) is 0 Å². The SMILES string of the molecule is Cc1c(C(=O)O)sc2ncnc(N3CCC(CO)C3)c12. The van der Waals surface area contributed by atoms with E-state index in [1.165, 1.54) is 17.7 Å². The van der Waals surface area contributed by atoms with E-state index < -0.39 is 5.97 Å². The number of hydrogen-bond donors (Lipinski definition) is 2. The van der Waals surface area contributed by atoms with Gasteiger partial charge in [-0.25, -0.2) is 14.8 Å². The van der Waals surface area contributed by atoms with Gasteiger partial charge in [0.25, 0.3) is 0 Å². The smallest absolute Gasteiger partial charge is 0.346 e. The van der Waals surface area contributed by atoms with Crippen molar-refractivity contribution in [2.45, 2.75) is 13.3 Å². The summed E-state index contributed by atoms with van der Waals surface area (Å²) in [5, 5.41) is 19.3. The van der Waals surface area contributed by atoms with Gasteiger partial charge in [-0.3, -0.25) is 0 Å². The molecule has 1 saturated heterocycles. The molecule has 0 saturated carbocycles. The maximum absolute atomic E-state index is 11.2. The van der Waals surface area contributed by atoms with Crippen molar-refractivity contribution in [1.29, 1.82) is 0 Å². The minimum Gasteiger partial charge on any atom is -0.477 e. The lowest BCUT2D eigenvalue weighted by Gasteiger charge is -2.18. The number of carboxylic acid groups (broad SMARTS) is 1. The van der Waals surface area contributed by atoms with Gasteiger partial charge in [-0.1, -0.05) is 0 Å². The molecule has 2 N–H and O–H groups in total. The maximum atomic E-state index is 11.2. The number of anilines is 1. The molecule has 0 radical (unpaired) electrons. The van der Waals surface area contributed by atoms with Gasteiger partial charge in [-0.2, -0.15) is 0 Å². The number of aliphatic hydroxyl groups is 1. The fraction of sp³-hybridized carbons (Fsp3) is 0.462. The summed E-state index contributed by atoms with van der Waals surface area (Å²) in [6, 6.07) is 0. The first kappa shape index (κ1) is 13.3. The second-order valence-electron chi connectivity index (χ2n) is 5.02. The van der Waals surface area contributed by atoms with Gasteiger partial charge in [0.05, 0.1) is 5.39 Å². The molecular weight excluding hydrogens is 278 g/mol. The number of fused-ring (bicyclic) bond motifs is 1. The maximum Gasteiger partial charge on any atom is 0.346 e. The summed E-state index contributed by atoms with van der Waals surface area (Å²) in [6.45, 7) is 3.55. The Kier molecular flexibility index (Phi) is 3.31.